The quantitative estimate of drug-likeness (QED) is 0.649. The van der Waals surface area contributed by atoms with E-state index in [1.54, 1.807) is 0 Å². The molecule has 86 valence electrons. The van der Waals surface area contributed by atoms with E-state index in [0.717, 1.165) is 19.5 Å². The molecule has 3 heteroatoms. The van der Waals surface area contributed by atoms with E-state index < -0.39 is 0 Å². The summed E-state index contributed by atoms with van der Waals surface area (Å²) >= 11 is 0. The first-order chi connectivity index (χ1) is 6.60. The van der Waals surface area contributed by atoms with Crippen molar-refractivity contribution in [2.75, 3.05) is 26.2 Å². The lowest BCUT2D eigenvalue weighted by atomic mass is 9.82. The predicted octanol–water partition coefficient (Wildman–Crippen LogP) is 1.06. The van der Waals surface area contributed by atoms with Gasteiger partial charge in [0.2, 0.25) is 0 Å². The normalized spacial score (nSPS) is 18.2. The van der Waals surface area contributed by atoms with Crippen molar-refractivity contribution >= 4 is 0 Å². The summed E-state index contributed by atoms with van der Waals surface area (Å²) in [6.45, 7) is 11.4. The van der Waals surface area contributed by atoms with Crippen LogP contribution in [0.15, 0.2) is 0 Å². The predicted molar refractivity (Wildman–Crippen MR) is 61.2 cm³/mol. The molecule has 0 aromatic carbocycles. The summed E-state index contributed by atoms with van der Waals surface area (Å²) in [6.07, 6.45) is 1.02. The van der Waals surface area contributed by atoms with E-state index in [4.69, 9.17) is 5.73 Å². The molecule has 0 saturated heterocycles. The van der Waals surface area contributed by atoms with E-state index >= 15 is 0 Å². The van der Waals surface area contributed by atoms with Crippen molar-refractivity contribution < 1.29 is 5.11 Å². The van der Waals surface area contributed by atoms with Crippen LogP contribution in [0.2, 0.25) is 0 Å². The van der Waals surface area contributed by atoms with E-state index in [9.17, 15) is 5.11 Å². The van der Waals surface area contributed by atoms with E-state index in [1.165, 1.54) is 0 Å². The first kappa shape index (κ1) is 13.9. The summed E-state index contributed by atoms with van der Waals surface area (Å²) in [6, 6.07) is 0. The third-order valence-corrected chi connectivity index (χ3v) is 3.59. The standard InChI is InChI=1S/C11H26N2O/c1-5-11(4,10(8-12)9-14)13(6-2)7-3/h10,14H,5-9,12H2,1-4H3/t10-,11-/m1/s1. The van der Waals surface area contributed by atoms with Crippen LogP contribution in [-0.4, -0.2) is 41.8 Å². The van der Waals surface area contributed by atoms with Crippen LogP contribution in [0.3, 0.4) is 0 Å². The van der Waals surface area contributed by atoms with Crippen molar-refractivity contribution in [1.29, 1.82) is 0 Å². The zero-order valence-corrected chi connectivity index (χ0v) is 10.1. The van der Waals surface area contributed by atoms with Crippen molar-refractivity contribution in [2.45, 2.75) is 39.7 Å². The Bertz CT molecular complexity index is 130. The summed E-state index contributed by atoms with van der Waals surface area (Å²) < 4.78 is 0. The van der Waals surface area contributed by atoms with Gasteiger partial charge in [0.1, 0.15) is 0 Å². The number of rotatable bonds is 7. The third kappa shape index (κ3) is 2.69. The van der Waals surface area contributed by atoms with Crippen molar-refractivity contribution in [3.63, 3.8) is 0 Å². The highest BCUT2D eigenvalue weighted by Gasteiger charge is 2.35. The molecular formula is C11H26N2O. The Morgan fingerprint density at radius 2 is 1.79 bits per heavy atom. The molecule has 0 aliphatic carbocycles. The van der Waals surface area contributed by atoms with Crippen molar-refractivity contribution in [3.05, 3.63) is 0 Å². The third-order valence-electron chi connectivity index (χ3n) is 3.59. The van der Waals surface area contributed by atoms with Gasteiger partial charge in [-0.3, -0.25) is 4.90 Å². The second kappa shape index (κ2) is 6.38. The first-order valence-corrected chi connectivity index (χ1v) is 5.66. The Hall–Kier alpha value is -0.120. The molecule has 3 N–H and O–H groups in total. The fourth-order valence-electron chi connectivity index (χ4n) is 2.24. The zero-order valence-electron chi connectivity index (χ0n) is 10.1. The first-order valence-electron chi connectivity index (χ1n) is 5.66. The van der Waals surface area contributed by atoms with Crippen molar-refractivity contribution in [1.82, 2.24) is 4.90 Å². The van der Waals surface area contributed by atoms with E-state index in [1.807, 2.05) is 0 Å². The molecule has 0 aromatic heterocycles. The van der Waals surface area contributed by atoms with E-state index in [0.29, 0.717) is 6.54 Å². The molecule has 14 heavy (non-hydrogen) atoms. The average molecular weight is 202 g/mol. The number of aliphatic hydroxyl groups excluding tert-OH is 1. The van der Waals surface area contributed by atoms with Crippen LogP contribution >= 0.6 is 0 Å². The molecule has 0 saturated carbocycles. The summed E-state index contributed by atoms with van der Waals surface area (Å²) in [5.74, 6) is 0.174. The number of hydrogen-bond donors (Lipinski definition) is 2. The molecule has 0 fully saturated rings. The monoisotopic (exact) mass is 202 g/mol. The van der Waals surface area contributed by atoms with Crippen LogP contribution in [-0.2, 0) is 0 Å². The van der Waals surface area contributed by atoms with Gasteiger partial charge in [-0.05, 0) is 33.0 Å². The molecule has 0 unspecified atom stereocenters. The molecule has 3 nitrogen and oxygen atoms in total. The topological polar surface area (TPSA) is 49.5 Å². The molecule has 0 aromatic rings. The van der Waals surface area contributed by atoms with Gasteiger partial charge in [-0.15, -0.1) is 0 Å². The van der Waals surface area contributed by atoms with E-state index in [2.05, 4.69) is 32.6 Å². The Kier molecular flexibility index (Phi) is 6.33. The minimum Gasteiger partial charge on any atom is -0.396 e. The fraction of sp³-hybridized carbons (Fsp3) is 1.00. The molecule has 0 radical (unpaired) electrons. The van der Waals surface area contributed by atoms with Gasteiger partial charge in [0.25, 0.3) is 0 Å². The van der Waals surface area contributed by atoms with Gasteiger partial charge in [-0.25, -0.2) is 0 Å². The lowest BCUT2D eigenvalue weighted by Gasteiger charge is -2.44. The van der Waals surface area contributed by atoms with Gasteiger partial charge in [-0.2, -0.15) is 0 Å². The molecule has 0 heterocycles. The minimum absolute atomic E-state index is 0.0347. The van der Waals surface area contributed by atoms with Gasteiger partial charge >= 0.3 is 0 Å². The minimum atomic E-state index is 0.0347. The lowest BCUT2D eigenvalue weighted by molar-refractivity contribution is 0.0259. The maximum Gasteiger partial charge on any atom is 0.0489 e. The lowest BCUT2D eigenvalue weighted by Crippen LogP contribution is -2.54. The highest BCUT2D eigenvalue weighted by Crippen LogP contribution is 2.27. The van der Waals surface area contributed by atoms with Gasteiger partial charge in [-0.1, -0.05) is 20.8 Å². The fourth-order valence-corrected chi connectivity index (χ4v) is 2.24. The molecule has 0 spiro atoms. The molecule has 0 amide bonds. The van der Waals surface area contributed by atoms with Gasteiger partial charge < -0.3 is 10.8 Å². The van der Waals surface area contributed by atoms with Crippen molar-refractivity contribution in [3.8, 4) is 0 Å². The summed E-state index contributed by atoms with van der Waals surface area (Å²) in [5, 5.41) is 9.33. The average Bonchev–Trinajstić information content (AvgIpc) is 2.21. The zero-order chi connectivity index (χ0) is 11.2. The van der Waals surface area contributed by atoms with Crippen LogP contribution in [0.25, 0.3) is 0 Å². The summed E-state index contributed by atoms with van der Waals surface area (Å²) in [4.78, 5) is 2.39. The largest absolute Gasteiger partial charge is 0.396 e. The van der Waals surface area contributed by atoms with Gasteiger partial charge in [0, 0.05) is 18.1 Å². The van der Waals surface area contributed by atoms with Crippen LogP contribution in [0.1, 0.15) is 34.1 Å². The Labute approximate surface area is 88.3 Å². The summed E-state index contributed by atoms with van der Waals surface area (Å²) in [7, 11) is 0. The molecular weight excluding hydrogens is 176 g/mol. The second-order valence-corrected chi connectivity index (χ2v) is 4.00. The van der Waals surface area contributed by atoms with Crippen LogP contribution < -0.4 is 5.73 Å². The molecule has 0 bridgehead atoms. The maximum absolute atomic E-state index is 9.33. The maximum atomic E-state index is 9.33. The second-order valence-electron chi connectivity index (χ2n) is 4.00. The molecule has 2 atom stereocenters. The Morgan fingerprint density at radius 1 is 1.29 bits per heavy atom. The molecule has 0 aliphatic heterocycles. The van der Waals surface area contributed by atoms with Crippen LogP contribution in [0.4, 0.5) is 0 Å². The van der Waals surface area contributed by atoms with E-state index in [-0.39, 0.29) is 18.1 Å². The Balaban J connectivity index is 4.72. The molecule has 0 aliphatic rings. The van der Waals surface area contributed by atoms with Gasteiger partial charge in [0.05, 0.1) is 0 Å². The smallest absolute Gasteiger partial charge is 0.0489 e. The van der Waals surface area contributed by atoms with Gasteiger partial charge in [0.15, 0.2) is 0 Å². The number of nitrogens with zero attached hydrogens (tertiary/aromatic N) is 1. The number of aliphatic hydroxyl groups is 1. The molecule has 0 rings (SSSR count). The van der Waals surface area contributed by atoms with Crippen molar-refractivity contribution in [2.24, 2.45) is 11.7 Å². The Morgan fingerprint density at radius 3 is 2.00 bits per heavy atom. The highest BCUT2D eigenvalue weighted by molar-refractivity contribution is 4.91. The van der Waals surface area contributed by atoms with Crippen LogP contribution in [0.5, 0.6) is 0 Å². The highest BCUT2D eigenvalue weighted by atomic mass is 16.3. The summed E-state index contributed by atoms with van der Waals surface area (Å²) in [5.41, 5.74) is 5.74. The van der Waals surface area contributed by atoms with Crippen LogP contribution in [0, 0.1) is 5.92 Å². The number of hydrogen-bond acceptors (Lipinski definition) is 3. The number of nitrogens with two attached hydrogens (primary N) is 1. The SMILES string of the molecule is CCN(CC)[C@](C)(CC)[C@H](CN)CO.